The van der Waals surface area contributed by atoms with Crippen LogP contribution in [0.3, 0.4) is 0 Å². The summed E-state index contributed by atoms with van der Waals surface area (Å²) in [4.78, 5) is 11.7. The summed E-state index contributed by atoms with van der Waals surface area (Å²) in [6, 6.07) is 8.19. The standard InChI is InChI=1S/C15H23NO2S/c1-11(2)14(8-17)16-15(18)10-19-9-13-6-4-12(3)5-7-13/h4-7,11,14,17H,8-10H2,1-3H3,(H,16,18). The molecule has 1 amide bonds. The maximum Gasteiger partial charge on any atom is 0.230 e. The molecule has 2 N–H and O–H groups in total. The highest BCUT2D eigenvalue weighted by Crippen LogP contribution is 2.13. The van der Waals surface area contributed by atoms with Crippen LogP contribution in [0.1, 0.15) is 25.0 Å². The summed E-state index contributed by atoms with van der Waals surface area (Å²) in [5, 5.41) is 12.0. The average Bonchev–Trinajstić information content (AvgIpc) is 2.38. The van der Waals surface area contributed by atoms with Crippen LogP contribution in [0.2, 0.25) is 0 Å². The van der Waals surface area contributed by atoms with Crippen LogP contribution in [0, 0.1) is 12.8 Å². The number of rotatable bonds is 7. The van der Waals surface area contributed by atoms with Crippen LogP contribution in [0.5, 0.6) is 0 Å². The first-order valence-electron chi connectivity index (χ1n) is 6.56. The molecule has 1 aromatic carbocycles. The molecule has 1 atom stereocenters. The van der Waals surface area contributed by atoms with Crippen molar-refractivity contribution in [3.63, 3.8) is 0 Å². The summed E-state index contributed by atoms with van der Waals surface area (Å²) in [6.07, 6.45) is 0. The summed E-state index contributed by atoms with van der Waals surface area (Å²) in [7, 11) is 0. The van der Waals surface area contributed by atoms with Gasteiger partial charge in [0.15, 0.2) is 0 Å². The van der Waals surface area contributed by atoms with E-state index >= 15 is 0 Å². The van der Waals surface area contributed by atoms with Gasteiger partial charge in [-0.3, -0.25) is 4.79 Å². The van der Waals surface area contributed by atoms with E-state index in [-0.39, 0.29) is 24.5 Å². The predicted octanol–water partition coefficient (Wildman–Crippen LogP) is 2.36. The van der Waals surface area contributed by atoms with Gasteiger partial charge in [0.05, 0.1) is 18.4 Å². The molecule has 0 saturated heterocycles. The third-order valence-electron chi connectivity index (χ3n) is 2.97. The zero-order valence-corrected chi connectivity index (χ0v) is 12.7. The Labute approximate surface area is 119 Å². The Morgan fingerprint density at radius 2 is 1.95 bits per heavy atom. The minimum atomic E-state index is -0.146. The van der Waals surface area contributed by atoms with Crippen molar-refractivity contribution in [3.8, 4) is 0 Å². The van der Waals surface area contributed by atoms with E-state index in [1.54, 1.807) is 11.8 Å². The third-order valence-corrected chi connectivity index (χ3v) is 3.97. The Kier molecular flexibility index (Phi) is 6.95. The quantitative estimate of drug-likeness (QED) is 0.806. The normalized spacial score (nSPS) is 12.5. The van der Waals surface area contributed by atoms with E-state index in [9.17, 15) is 4.79 Å². The molecule has 0 aliphatic carbocycles. The highest BCUT2D eigenvalue weighted by Gasteiger charge is 2.14. The molecule has 0 saturated carbocycles. The smallest absolute Gasteiger partial charge is 0.230 e. The van der Waals surface area contributed by atoms with E-state index in [1.807, 2.05) is 13.8 Å². The SMILES string of the molecule is Cc1ccc(CSCC(=O)NC(CO)C(C)C)cc1. The van der Waals surface area contributed by atoms with Gasteiger partial charge in [-0.05, 0) is 18.4 Å². The lowest BCUT2D eigenvalue weighted by Crippen LogP contribution is -2.42. The number of nitrogens with one attached hydrogen (secondary N) is 1. The van der Waals surface area contributed by atoms with E-state index in [0.29, 0.717) is 5.75 Å². The van der Waals surface area contributed by atoms with Crippen molar-refractivity contribution in [1.82, 2.24) is 5.32 Å². The molecule has 0 heterocycles. The van der Waals surface area contributed by atoms with Gasteiger partial charge in [-0.15, -0.1) is 11.8 Å². The van der Waals surface area contributed by atoms with Crippen molar-refractivity contribution in [2.75, 3.05) is 12.4 Å². The molecule has 0 fully saturated rings. The number of carbonyl (C=O) groups excluding carboxylic acids is 1. The second-order valence-electron chi connectivity index (χ2n) is 5.08. The molecule has 1 unspecified atom stereocenters. The maximum absolute atomic E-state index is 11.7. The Morgan fingerprint density at radius 3 is 2.47 bits per heavy atom. The zero-order valence-electron chi connectivity index (χ0n) is 11.8. The highest BCUT2D eigenvalue weighted by molar-refractivity contribution is 7.99. The number of aryl methyl sites for hydroxylation is 1. The summed E-state index contributed by atoms with van der Waals surface area (Å²) in [5.74, 6) is 1.50. The number of thioether (sulfide) groups is 1. The number of benzene rings is 1. The first-order chi connectivity index (χ1) is 9.02. The van der Waals surface area contributed by atoms with E-state index < -0.39 is 0 Å². The van der Waals surface area contributed by atoms with E-state index in [1.165, 1.54) is 11.1 Å². The van der Waals surface area contributed by atoms with Crippen molar-refractivity contribution in [3.05, 3.63) is 35.4 Å². The lowest BCUT2D eigenvalue weighted by Gasteiger charge is -2.19. The van der Waals surface area contributed by atoms with E-state index in [2.05, 4.69) is 36.5 Å². The van der Waals surface area contributed by atoms with Crippen LogP contribution in [0.4, 0.5) is 0 Å². The van der Waals surface area contributed by atoms with Crippen LogP contribution in [0.15, 0.2) is 24.3 Å². The molecule has 1 rings (SSSR count). The van der Waals surface area contributed by atoms with Gasteiger partial charge >= 0.3 is 0 Å². The van der Waals surface area contributed by atoms with Gasteiger partial charge in [0.2, 0.25) is 5.91 Å². The Balaban J connectivity index is 2.29. The molecule has 0 aliphatic heterocycles. The van der Waals surface area contributed by atoms with Crippen LogP contribution in [0.25, 0.3) is 0 Å². The molecule has 1 aromatic rings. The minimum Gasteiger partial charge on any atom is -0.394 e. The molecule has 0 bridgehead atoms. The number of hydrogen-bond acceptors (Lipinski definition) is 3. The van der Waals surface area contributed by atoms with E-state index in [0.717, 1.165) is 5.75 Å². The molecular formula is C15H23NO2S. The number of amides is 1. The van der Waals surface area contributed by atoms with Gasteiger partial charge < -0.3 is 10.4 Å². The molecule has 0 aromatic heterocycles. The van der Waals surface area contributed by atoms with Gasteiger partial charge in [-0.1, -0.05) is 43.7 Å². The lowest BCUT2D eigenvalue weighted by molar-refractivity contribution is -0.119. The summed E-state index contributed by atoms with van der Waals surface area (Å²) in [6.45, 7) is 6.03. The first kappa shape index (κ1) is 16.1. The van der Waals surface area contributed by atoms with Crippen molar-refractivity contribution in [2.24, 2.45) is 5.92 Å². The second-order valence-corrected chi connectivity index (χ2v) is 6.06. The average molecular weight is 281 g/mol. The third kappa shape index (κ3) is 6.12. The summed E-state index contributed by atoms with van der Waals surface area (Å²) < 4.78 is 0. The second kappa shape index (κ2) is 8.23. The number of carbonyl (C=O) groups is 1. The number of hydrogen-bond donors (Lipinski definition) is 2. The van der Waals surface area contributed by atoms with Crippen molar-refractivity contribution in [1.29, 1.82) is 0 Å². The molecule has 3 nitrogen and oxygen atoms in total. The molecule has 0 spiro atoms. The monoisotopic (exact) mass is 281 g/mol. The fourth-order valence-electron chi connectivity index (χ4n) is 1.62. The van der Waals surface area contributed by atoms with Gasteiger partial charge in [-0.25, -0.2) is 0 Å². The maximum atomic E-state index is 11.7. The van der Waals surface area contributed by atoms with Gasteiger partial charge in [0.1, 0.15) is 0 Å². The van der Waals surface area contributed by atoms with Crippen LogP contribution >= 0.6 is 11.8 Å². The summed E-state index contributed by atoms with van der Waals surface area (Å²) in [5.41, 5.74) is 2.47. The van der Waals surface area contributed by atoms with Gasteiger partial charge in [-0.2, -0.15) is 0 Å². The van der Waals surface area contributed by atoms with Gasteiger partial charge in [0, 0.05) is 5.75 Å². The predicted molar refractivity (Wildman–Crippen MR) is 81.2 cm³/mol. The van der Waals surface area contributed by atoms with Crippen LogP contribution in [-0.2, 0) is 10.5 Å². The fourth-order valence-corrected chi connectivity index (χ4v) is 2.42. The van der Waals surface area contributed by atoms with Crippen LogP contribution < -0.4 is 5.32 Å². The topological polar surface area (TPSA) is 49.3 Å². The Morgan fingerprint density at radius 1 is 1.32 bits per heavy atom. The fraction of sp³-hybridized carbons (Fsp3) is 0.533. The van der Waals surface area contributed by atoms with Crippen LogP contribution in [-0.4, -0.2) is 29.4 Å². The van der Waals surface area contributed by atoms with Crippen molar-refractivity contribution < 1.29 is 9.90 Å². The zero-order chi connectivity index (χ0) is 14.3. The number of aliphatic hydroxyl groups is 1. The molecule has 4 heteroatoms. The first-order valence-corrected chi connectivity index (χ1v) is 7.72. The summed E-state index contributed by atoms with van der Waals surface area (Å²) >= 11 is 1.59. The largest absolute Gasteiger partial charge is 0.394 e. The van der Waals surface area contributed by atoms with E-state index in [4.69, 9.17) is 5.11 Å². The molecule has 0 radical (unpaired) electrons. The van der Waals surface area contributed by atoms with Crippen molar-refractivity contribution >= 4 is 17.7 Å². The molecule has 0 aliphatic rings. The van der Waals surface area contributed by atoms with Crippen molar-refractivity contribution in [2.45, 2.75) is 32.6 Å². The minimum absolute atomic E-state index is 0.00790. The Hall–Kier alpha value is -1.00. The highest BCUT2D eigenvalue weighted by atomic mass is 32.2. The molecule has 106 valence electrons. The Bertz CT molecular complexity index is 390. The molecule has 19 heavy (non-hydrogen) atoms. The lowest BCUT2D eigenvalue weighted by atomic mass is 10.1. The molecular weight excluding hydrogens is 258 g/mol. The van der Waals surface area contributed by atoms with Gasteiger partial charge in [0.25, 0.3) is 0 Å². The number of aliphatic hydroxyl groups excluding tert-OH is 1.